The van der Waals surface area contributed by atoms with Gasteiger partial charge in [0.2, 0.25) is 0 Å². The number of anilines is 1. The summed E-state index contributed by atoms with van der Waals surface area (Å²) in [5, 5.41) is 45.0. The predicted octanol–water partition coefficient (Wildman–Crippen LogP) is 7.27. The highest BCUT2D eigenvalue weighted by Crippen LogP contribution is 2.30. The average Bonchev–Trinajstić information content (AvgIpc) is 3.60. The van der Waals surface area contributed by atoms with Crippen LogP contribution in [-0.4, -0.2) is 28.8 Å². The number of azo groups is 2. The number of imidazole rings is 2. The third-order valence-electron chi connectivity index (χ3n) is 6.40. The van der Waals surface area contributed by atoms with E-state index in [1.807, 2.05) is 0 Å². The summed E-state index contributed by atoms with van der Waals surface area (Å²) in [5.74, 6) is 0.668. The van der Waals surface area contributed by atoms with Crippen molar-refractivity contribution in [1.82, 2.24) is 19.0 Å². The number of aromatic nitrogens is 4. The summed E-state index contributed by atoms with van der Waals surface area (Å²) < 4.78 is 3.29. The van der Waals surface area contributed by atoms with Crippen LogP contribution in [0.25, 0.3) is 11.3 Å². The van der Waals surface area contributed by atoms with E-state index >= 15 is 0 Å². The van der Waals surface area contributed by atoms with Gasteiger partial charge in [0.15, 0.2) is 28.3 Å². The zero-order chi connectivity index (χ0) is 31.0. The summed E-state index contributed by atoms with van der Waals surface area (Å²) >= 11 is 6.02. The molecule has 0 fully saturated rings. The van der Waals surface area contributed by atoms with Crippen LogP contribution in [0.5, 0.6) is 0 Å². The van der Waals surface area contributed by atoms with E-state index in [1.165, 1.54) is 48.5 Å². The summed E-state index contributed by atoms with van der Waals surface area (Å²) in [5.41, 5.74) is 6.15. The van der Waals surface area contributed by atoms with Crippen molar-refractivity contribution in [2.45, 2.75) is 13.8 Å². The van der Waals surface area contributed by atoms with Crippen molar-refractivity contribution in [3.63, 3.8) is 0 Å². The molecular weight excluding hydrogens is 592 g/mol. The summed E-state index contributed by atoms with van der Waals surface area (Å²) in [7, 11) is 0. The van der Waals surface area contributed by atoms with Gasteiger partial charge in [-0.1, -0.05) is 11.6 Å². The lowest BCUT2D eigenvalue weighted by atomic mass is 10.3. The molecule has 0 saturated carbocycles. The van der Waals surface area contributed by atoms with Crippen LogP contribution >= 0.6 is 11.6 Å². The van der Waals surface area contributed by atoms with Crippen LogP contribution in [0.1, 0.15) is 11.4 Å². The summed E-state index contributed by atoms with van der Waals surface area (Å²) in [6.45, 7) is 3.50. The first-order valence-corrected chi connectivity index (χ1v) is 13.2. The third-order valence-corrected chi connectivity index (χ3v) is 6.65. The highest BCUT2D eigenvalue weighted by molar-refractivity contribution is 6.30. The van der Waals surface area contributed by atoms with Gasteiger partial charge < -0.3 is 0 Å². The number of benzene rings is 3. The molecule has 0 aliphatic rings. The van der Waals surface area contributed by atoms with Gasteiger partial charge in [-0.3, -0.25) is 25.7 Å². The van der Waals surface area contributed by atoms with Crippen LogP contribution in [0, 0.1) is 34.1 Å². The number of rotatable bonds is 8. The predicted molar refractivity (Wildman–Crippen MR) is 160 cm³/mol. The van der Waals surface area contributed by atoms with E-state index in [4.69, 9.17) is 11.6 Å². The van der Waals surface area contributed by atoms with Crippen molar-refractivity contribution in [2.75, 3.05) is 5.43 Å². The van der Waals surface area contributed by atoms with Crippen molar-refractivity contribution >= 4 is 63.0 Å². The molecule has 0 saturated heterocycles. The number of halogens is 1. The fraction of sp³-hybridized carbons (Fsp3) is 0.0741. The van der Waals surface area contributed by atoms with E-state index in [0.29, 0.717) is 61.8 Å². The van der Waals surface area contributed by atoms with Crippen molar-refractivity contribution in [3.05, 3.63) is 115 Å². The van der Waals surface area contributed by atoms with Crippen molar-refractivity contribution < 1.29 is 9.85 Å². The number of non-ortho nitro benzene ring substituents is 2. The number of hydrogen-bond donors (Lipinski definition) is 1. The fourth-order valence-electron chi connectivity index (χ4n) is 4.27. The zero-order valence-electron chi connectivity index (χ0n) is 22.9. The second-order valence-corrected chi connectivity index (χ2v) is 9.78. The topological polar surface area (TPSA) is 195 Å². The number of nitro benzene ring substituents is 2. The maximum absolute atomic E-state index is 11.0. The fourth-order valence-corrected chi connectivity index (χ4v) is 4.40. The summed E-state index contributed by atoms with van der Waals surface area (Å²) in [6, 6.07) is 18.3. The smallest absolute Gasteiger partial charge is 0.269 e. The molecule has 6 aromatic rings. The molecular formula is C27H19ClN12O4. The van der Waals surface area contributed by atoms with Crippen molar-refractivity contribution in [2.24, 2.45) is 25.6 Å². The molecule has 16 nitrogen and oxygen atoms in total. The Balaban J connectivity index is 1.51. The standard InChI is InChI=1S/C27H19ClN12O4/c1-15-24(35-32-19-7-11-21(12-8-19)39(41)42)37-26(29-15)23(34-31-18-5-3-17(28)4-6-18)27-30-16(2)25(38(27)37)36-33-20-9-13-22(14-10-20)40(43)44/h3-14,31H,1-2H3. The minimum Gasteiger partial charge on any atom is -0.278 e. The molecule has 0 spiro atoms. The van der Waals surface area contributed by atoms with Crippen molar-refractivity contribution in [3.8, 4) is 0 Å². The van der Waals surface area contributed by atoms with Crippen LogP contribution in [0.3, 0.4) is 0 Å². The molecule has 6 rings (SSSR count). The number of nitrogens with zero attached hydrogens (tertiary/aromatic N) is 11. The van der Waals surface area contributed by atoms with Gasteiger partial charge in [-0.2, -0.15) is 5.10 Å². The van der Waals surface area contributed by atoms with Gasteiger partial charge >= 0.3 is 0 Å². The maximum Gasteiger partial charge on any atom is 0.269 e. The van der Waals surface area contributed by atoms with Crippen molar-refractivity contribution in [1.29, 1.82) is 0 Å². The molecule has 0 aliphatic carbocycles. The SMILES string of the molecule is Cc1nc2c(=NNc3ccc(Cl)cc3)c3nc(C)c(N=Nc4ccc([N+](=O)[O-])cc4)n3n2c1N=Nc1ccc([N+](=O)[O-])cc1. The van der Waals surface area contributed by atoms with Gasteiger partial charge in [-0.15, -0.1) is 20.5 Å². The van der Waals surface area contributed by atoms with Gasteiger partial charge in [0.1, 0.15) is 0 Å². The molecule has 3 aromatic carbocycles. The molecule has 0 aliphatic heterocycles. The van der Waals surface area contributed by atoms with E-state index in [0.717, 1.165) is 0 Å². The van der Waals surface area contributed by atoms with E-state index in [2.05, 4.69) is 41.0 Å². The Hall–Kier alpha value is -6.16. The normalized spacial score (nSPS) is 11.7. The Labute approximate surface area is 251 Å². The Morgan fingerprint density at radius 1 is 0.682 bits per heavy atom. The molecule has 1 N–H and O–H groups in total. The van der Waals surface area contributed by atoms with Crippen LogP contribution in [0.15, 0.2) is 98.4 Å². The lowest BCUT2D eigenvalue weighted by Crippen LogP contribution is -2.06. The molecule has 0 unspecified atom stereocenters. The molecule has 0 amide bonds. The zero-order valence-corrected chi connectivity index (χ0v) is 23.6. The number of nitro groups is 2. The average molecular weight is 611 g/mol. The van der Waals surface area contributed by atoms with Crippen LogP contribution < -0.4 is 10.8 Å². The van der Waals surface area contributed by atoms with E-state index in [1.54, 1.807) is 47.1 Å². The van der Waals surface area contributed by atoms with Crippen LogP contribution in [-0.2, 0) is 0 Å². The van der Waals surface area contributed by atoms with Crippen LogP contribution in [0.2, 0.25) is 5.02 Å². The molecule has 0 radical (unpaired) electrons. The Morgan fingerprint density at radius 2 is 1.11 bits per heavy atom. The Bertz CT molecular complexity index is 2040. The highest BCUT2D eigenvalue weighted by Gasteiger charge is 2.23. The first kappa shape index (κ1) is 28.0. The lowest BCUT2D eigenvalue weighted by Gasteiger charge is -1.99. The summed E-state index contributed by atoms with van der Waals surface area (Å²) in [4.78, 5) is 30.4. The second kappa shape index (κ2) is 11.3. The first-order valence-electron chi connectivity index (χ1n) is 12.8. The van der Waals surface area contributed by atoms with Gasteiger partial charge in [0.25, 0.3) is 11.4 Å². The number of nitrogens with one attached hydrogen (secondary N) is 1. The largest absolute Gasteiger partial charge is 0.278 e. The van der Waals surface area contributed by atoms with Gasteiger partial charge in [0, 0.05) is 29.3 Å². The third kappa shape index (κ3) is 5.27. The van der Waals surface area contributed by atoms with Gasteiger partial charge in [-0.25, -0.2) is 19.0 Å². The quantitative estimate of drug-likeness (QED) is 0.106. The van der Waals surface area contributed by atoms with Gasteiger partial charge in [0.05, 0.1) is 38.3 Å². The van der Waals surface area contributed by atoms with E-state index in [-0.39, 0.29) is 11.4 Å². The molecule has 3 heterocycles. The molecule has 218 valence electrons. The molecule has 0 atom stereocenters. The second-order valence-electron chi connectivity index (χ2n) is 9.34. The Kier molecular flexibility index (Phi) is 7.16. The van der Waals surface area contributed by atoms with E-state index < -0.39 is 9.85 Å². The minimum atomic E-state index is -0.497. The Morgan fingerprint density at radius 3 is 1.52 bits per heavy atom. The molecule has 17 heteroatoms. The highest BCUT2D eigenvalue weighted by atomic mass is 35.5. The van der Waals surface area contributed by atoms with Crippen LogP contribution in [0.4, 0.5) is 40.1 Å². The monoisotopic (exact) mass is 610 g/mol. The number of aryl methyl sites for hydroxylation is 2. The van der Waals surface area contributed by atoms with Gasteiger partial charge in [-0.05, 0) is 62.4 Å². The first-order chi connectivity index (χ1) is 21.2. The lowest BCUT2D eigenvalue weighted by molar-refractivity contribution is -0.385. The number of hydrogen-bond acceptors (Lipinski definition) is 12. The minimum absolute atomic E-state index is 0.0685. The number of fused-ring (bicyclic) bond motifs is 3. The maximum atomic E-state index is 11.0. The molecule has 3 aromatic heterocycles. The van der Waals surface area contributed by atoms with E-state index in [9.17, 15) is 20.2 Å². The molecule has 44 heavy (non-hydrogen) atoms. The molecule has 0 bridgehead atoms. The summed E-state index contributed by atoms with van der Waals surface area (Å²) in [6.07, 6.45) is 0.